The van der Waals surface area contributed by atoms with Crippen LogP contribution >= 0.6 is 0 Å². The number of nitrogens with zero attached hydrogens (tertiary/aromatic N) is 2. The molecule has 1 unspecified atom stereocenters. The van der Waals surface area contributed by atoms with E-state index in [0.29, 0.717) is 6.04 Å². The van der Waals surface area contributed by atoms with E-state index in [2.05, 4.69) is 27.4 Å². The molecule has 1 atom stereocenters. The molecule has 1 aliphatic heterocycles. The van der Waals surface area contributed by atoms with E-state index in [4.69, 9.17) is 4.74 Å². The number of aromatic nitrogens is 3. The summed E-state index contributed by atoms with van der Waals surface area (Å²) in [7, 11) is 0. The summed E-state index contributed by atoms with van der Waals surface area (Å²) in [6.45, 7) is 3.66. The van der Waals surface area contributed by atoms with Crippen LogP contribution in [0.4, 0.5) is 0 Å². The van der Waals surface area contributed by atoms with E-state index in [1.54, 1.807) is 0 Å². The molecule has 12 heavy (non-hydrogen) atoms. The van der Waals surface area contributed by atoms with Crippen LogP contribution in [-0.2, 0) is 4.74 Å². The van der Waals surface area contributed by atoms with E-state index in [1.807, 2.05) is 0 Å². The molecule has 0 spiro atoms. The summed E-state index contributed by atoms with van der Waals surface area (Å²) >= 11 is 0. The van der Waals surface area contributed by atoms with Gasteiger partial charge in [0.15, 0.2) is 0 Å². The summed E-state index contributed by atoms with van der Waals surface area (Å²) in [5.74, 6) is 0.877. The van der Waals surface area contributed by atoms with Crippen molar-refractivity contribution in [3.8, 4) is 0 Å². The van der Waals surface area contributed by atoms with Crippen molar-refractivity contribution in [1.29, 1.82) is 0 Å². The maximum Gasteiger partial charge on any atom is 0.141 e. The van der Waals surface area contributed by atoms with Gasteiger partial charge in [-0.2, -0.15) is 5.10 Å². The van der Waals surface area contributed by atoms with Crippen LogP contribution in [0.1, 0.15) is 18.8 Å². The molecule has 1 aromatic heterocycles. The average Bonchev–Trinajstić information content (AvgIpc) is 2.47. The van der Waals surface area contributed by atoms with Crippen molar-refractivity contribution < 1.29 is 4.74 Å². The number of ether oxygens (including phenoxy) is 1. The Morgan fingerprint density at radius 1 is 1.75 bits per heavy atom. The first-order valence-corrected chi connectivity index (χ1v) is 4.05. The minimum absolute atomic E-state index is 0.224. The highest BCUT2D eigenvalue weighted by atomic mass is 16.5. The maximum atomic E-state index is 5.04. The molecule has 0 bridgehead atoms. The maximum absolute atomic E-state index is 5.04. The van der Waals surface area contributed by atoms with Gasteiger partial charge in [0.25, 0.3) is 0 Å². The van der Waals surface area contributed by atoms with E-state index in [9.17, 15) is 0 Å². The molecule has 5 heteroatoms. The monoisotopic (exact) mass is 168 g/mol. The van der Waals surface area contributed by atoms with E-state index in [-0.39, 0.29) is 6.04 Å². The summed E-state index contributed by atoms with van der Waals surface area (Å²) in [6.07, 6.45) is 1.52. The fraction of sp³-hybridized carbons (Fsp3) is 0.714. The molecule has 2 N–H and O–H groups in total. The predicted molar refractivity (Wildman–Crippen MR) is 42.5 cm³/mol. The van der Waals surface area contributed by atoms with Crippen molar-refractivity contribution in [2.24, 2.45) is 0 Å². The lowest BCUT2D eigenvalue weighted by atomic mass is 10.2. The Bertz CT molecular complexity index is 232. The van der Waals surface area contributed by atoms with E-state index in [0.717, 1.165) is 19.0 Å². The van der Waals surface area contributed by atoms with E-state index in [1.165, 1.54) is 6.33 Å². The number of aromatic amines is 1. The minimum Gasteiger partial charge on any atom is -0.378 e. The minimum atomic E-state index is 0.224. The smallest absolute Gasteiger partial charge is 0.141 e. The molecule has 0 aromatic carbocycles. The summed E-state index contributed by atoms with van der Waals surface area (Å²) in [6, 6.07) is 0.700. The molecule has 1 aromatic rings. The number of rotatable bonds is 3. The zero-order chi connectivity index (χ0) is 8.39. The number of H-pyrrole nitrogens is 1. The van der Waals surface area contributed by atoms with Crippen LogP contribution in [-0.4, -0.2) is 34.4 Å². The molecule has 0 amide bonds. The second kappa shape index (κ2) is 3.20. The van der Waals surface area contributed by atoms with Crippen LogP contribution in [0.5, 0.6) is 0 Å². The lowest BCUT2D eigenvalue weighted by molar-refractivity contribution is -0.00962. The first kappa shape index (κ1) is 7.70. The quantitative estimate of drug-likeness (QED) is 0.659. The molecule has 1 aliphatic rings. The largest absolute Gasteiger partial charge is 0.378 e. The highest BCUT2D eigenvalue weighted by Gasteiger charge is 2.21. The molecule has 0 radical (unpaired) electrons. The van der Waals surface area contributed by atoms with Crippen LogP contribution in [0, 0.1) is 0 Å². The van der Waals surface area contributed by atoms with Gasteiger partial charge < -0.3 is 10.1 Å². The molecular weight excluding hydrogens is 156 g/mol. The van der Waals surface area contributed by atoms with Gasteiger partial charge >= 0.3 is 0 Å². The Kier molecular flexibility index (Phi) is 2.05. The van der Waals surface area contributed by atoms with Gasteiger partial charge in [0.2, 0.25) is 0 Å². The van der Waals surface area contributed by atoms with Gasteiger partial charge in [-0.15, -0.1) is 0 Å². The van der Waals surface area contributed by atoms with Gasteiger partial charge in [0.05, 0.1) is 25.3 Å². The second-order valence-electron chi connectivity index (χ2n) is 2.99. The van der Waals surface area contributed by atoms with Crippen LogP contribution in [0.2, 0.25) is 0 Å². The molecule has 2 heterocycles. The van der Waals surface area contributed by atoms with Crippen molar-refractivity contribution >= 4 is 0 Å². The standard InChI is InChI=1S/C7H12N4O/c1-5(7-8-4-9-11-7)10-6-2-12-3-6/h4-6,10H,2-3H2,1H3,(H,8,9,11). The SMILES string of the molecule is CC(NC1COC1)c1ncn[nH]1. The number of hydrogen-bond acceptors (Lipinski definition) is 4. The van der Waals surface area contributed by atoms with Gasteiger partial charge in [-0.25, -0.2) is 4.98 Å². The zero-order valence-electron chi connectivity index (χ0n) is 6.95. The first-order chi connectivity index (χ1) is 5.86. The third kappa shape index (κ3) is 1.46. The van der Waals surface area contributed by atoms with Gasteiger partial charge in [0.1, 0.15) is 12.2 Å². The summed E-state index contributed by atoms with van der Waals surface area (Å²) < 4.78 is 5.04. The Morgan fingerprint density at radius 2 is 2.58 bits per heavy atom. The molecule has 2 rings (SSSR count). The van der Waals surface area contributed by atoms with Crippen molar-refractivity contribution in [1.82, 2.24) is 20.5 Å². The molecule has 1 fully saturated rings. The Morgan fingerprint density at radius 3 is 3.08 bits per heavy atom. The molecule has 5 nitrogen and oxygen atoms in total. The lowest BCUT2D eigenvalue weighted by Crippen LogP contribution is -2.46. The third-order valence-electron chi connectivity index (χ3n) is 1.97. The van der Waals surface area contributed by atoms with Crippen LogP contribution in [0.15, 0.2) is 6.33 Å². The van der Waals surface area contributed by atoms with Crippen molar-refractivity contribution in [3.05, 3.63) is 12.2 Å². The summed E-state index contributed by atoms with van der Waals surface area (Å²) in [5, 5.41) is 9.97. The van der Waals surface area contributed by atoms with Gasteiger partial charge in [-0.05, 0) is 6.92 Å². The summed E-state index contributed by atoms with van der Waals surface area (Å²) in [5.41, 5.74) is 0. The third-order valence-corrected chi connectivity index (χ3v) is 1.97. The first-order valence-electron chi connectivity index (χ1n) is 4.05. The number of hydrogen-bond donors (Lipinski definition) is 2. The Labute approximate surface area is 70.5 Å². The fourth-order valence-electron chi connectivity index (χ4n) is 1.19. The molecule has 0 saturated carbocycles. The number of nitrogens with one attached hydrogen (secondary N) is 2. The topological polar surface area (TPSA) is 62.8 Å². The zero-order valence-corrected chi connectivity index (χ0v) is 6.95. The van der Waals surface area contributed by atoms with Crippen molar-refractivity contribution in [2.75, 3.05) is 13.2 Å². The van der Waals surface area contributed by atoms with E-state index >= 15 is 0 Å². The fourth-order valence-corrected chi connectivity index (χ4v) is 1.19. The van der Waals surface area contributed by atoms with Crippen molar-refractivity contribution in [3.63, 3.8) is 0 Å². The Balaban J connectivity index is 1.87. The van der Waals surface area contributed by atoms with Crippen molar-refractivity contribution in [2.45, 2.75) is 19.0 Å². The van der Waals surface area contributed by atoms with Crippen LogP contribution in [0.3, 0.4) is 0 Å². The highest BCUT2D eigenvalue weighted by Crippen LogP contribution is 2.09. The van der Waals surface area contributed by atoms with E-state index < -0.39 is 0 Å². The highest BCUT2D eigenvalue weighted by molar-refractivity contribution is 4.91. The Hall–Kier alpha value is -0.940. The van der Waals surface area contributed by atoms with Crippen LogP contribution < -0.4 is 5.32 Å². The van der Waals surface area contributed by atoms with Crippen LogP contribution in [0.25, 0.3) is 0 Å². The average molecular weight is 168 g/mol. The second-order valence-corrected chi connectivity index (χ2v) is 2.99. The molecule has 66 valence electrons. The molecule has 0 aliphatic carbocycles. The molecular formula is C7H12N4O. The predicted octanol–water partition coefficient (Wildman–Crippen LogP) is -0.146. The summed E-state index contributed by atoms with van der Waals surface area (Å²) in [4.78, 5) is 4.06. The lowest BCUT2D eigenvalue weighted by Gasteiger charge is -2.29. The van der Waals surface area contributed by atoms with Gasteiger partial charge in [-0.3, -0.25) is 5.10 Å². The van der Waals surface area contributed by atoms with Gasteiger partial charge in [0, 0.05) is 0 Å². The normalized spacial score (nSPS) is 20.4. The van der Waals surface area contributed by atoms with Gasteiger partial charge in [-0.1, -0.05) is 0 Å². The molecule has 1 saturated heterocycles.